The summed E-state index contributed by atoms with van der Waals surface area (Å²) in [7, 11) is 0. The maximum Gasteiger partial charge on any atom is 0.885 e. The minimum Gasteiger partial charge on any atom is -0.589 e. The van der Waals surface area contributed by atoms with Gasteiger partial charge in [0.2, 0.25) is 0 Å². The maximum absolute atomic E-state index is 12.4. The third-order valence-electron chi connectivity index (χ3n) is 3.21. The van der Waals surface area contributed by atoms with Gasteiger partial charge in [-0.25, -0.2) is 0 Å². The van der Waals surface area contributed by atoms with Crippen molar-refractivity contribution in [3.8, 4) is 0 Å². The zero-order valence-corrected chi connectivity index (χ0v) is 13.7. The van der Waals surface area contributed by atoms with Gasteiger partial charge in [0.25, 0.3) is 17.8 Å². The Morgan fingerprint density at radius 3 is 2.36 bits per heavy atom. The first-order valence-electron chi connectivity index (χ1n) is 6.49. The van der Waals surface area contributed by atoms with Crippen molar-refractivity contribution in [2.45, 2.75) is 33.2 Å². The van der Waals surface area contributed by atoms with Crippen LogP contribution in [0.25, 0.3) is 0 Å². The molecular weight excluding hydrogens is 305 g/mol. The summed E-state index contributed by atoms with van der Waals surface area (Å²) in [5, 5.41) is 2.56. The Labute approximate surface area is 134 Å². The molecule has 1 radical (unpaired) electrons. The van der Waals surface area contributed by atoms with Gasteiger partial charge in [-0.3, -0.25) is 14.4 Å². The lowest BCUT2D eigenvalue weighted by molar-refractivity contribution is -0.137. The highest BCUT2D eigenvalue weighted by molar-refractivity contribution is 6.27. The van der Waals surface area contributed by atoms with Crippen molar-refractivity contribution in [3.05, 3.63) is 34.4 Å². The van der Waals surface area contributed by atoms with Crippen LogP contribution in [0.3, 0.4) is 0 Å². The second-order valence-electron chi connectivity index (χ2n) is 5.03. The van der Waals surface area contributed by atoms with Gasteiger partial charge >= 0.3 is 15.9 Å². The Balaban J connectivity index is 0.00000242. The molecule has 0 saturated carbocycles. The number of hydrogen-bond donors (Lipinski definition) is 1. The van der Waals surface area contributed by atoms with Gasteiger partial charge in [0.15, 0.2) is 0 Å². The van der Waals surface area contributed by atoms with Gasteiger partial charge in [0.1, 0.15) is 6.04 Å². The first-order chi connectivity index (χ1) is 9.88. The number of benzene rings is 1. The number of rotatable bonds is 2. The molecule has 22 heavy (non-hydrogen) atoms. The lowest BCUT2D eigenvalue weighted by atomic mass is 9.99. The van der Waals surface area contributed by atoms with Crippen LogP contribution in [-0.4, -0.2) is 45.3 Å². The van der Waals surface area contributed by atoms with Gasteiger partial charge < -0.3 is 18.4 Å². The molecule has 0 bridgehead atoms. The predicted octanol–water partition coefficient (Wildman–Crippen LogP) is -0.0901. The second kappa shape index (κ2) is 7.40. The summed E-state index contributed by atoms with van der Waals surface area (Å²) in [6.45, 7) is 5.61. The molecule has 3 N–H and O–H groups in total. The molecular formula is C14H17AlNO6. The molecule has 0 spiro atoms. The van der Waals surface area contributed by atoms with Gasteiger partial charge in [-0.1, -0.05) is 17.7 Å². The zero-order chi connectivity index (χ0) is 15.6. The van der Waals surface area contributed by atoms with Gasteiger partial charge in [0, 0.05) is 5.56 Å². The average Bonchev–Trinajstić information content (AvgIpc) is 2.50. The van der Waals surface area contributed by atoms with Crippen molar-refractivity contribution in [1.29, 1.82) is 0 Å². The quantitative estimate of drug-likeness (QED) is 0.765. The molecule has 0 aliphatic carbocycles. The van der Waals surface area contributed by atoms with E-state index in [4.69, 9.17) is 7.58 Å². The molecule has 2 rings (SSSR count). The van der Waals surface area contributed by atoms with Crippen molar-refractivity contribution in [3.63, 3.8) is 0 Å². The SMILES string of the molecule is Cc1cc(C)c(C(=O)N[C@H]2CC(=O)[O][Al][O]C2=O)c(C)c1.O. The van der Waals surface area contributed by atoms with Crippen molar-refractivity contribution >= 4 is 33.7 Å². The summed E-state index contributed by atoms with van der Waals surface area (Å²) in [4.78, 5) is 35.4. The standard InChI is InChI=1S/C14H17NO5.Al.H2O/c1-7-4-8(2)12(9(3)5-7)13(18)15-10(14(19)20)6-11(16)17;;/h4-5,10H,6H2,1-3H3,(H,15,18)(H,16,17)(H,19,20);;1H2/q;+2;/p-2/t10-;;/m0../s1. The van der Waals surface area contributed by atoms with E-state index in [1.165, 1.54) is 0 Å². The lowest BCUT2D eigenvalue weighted by Gasteiger charge is -2.16. The summed E-state index contributed by atoms with van der Waals surface area (Å²) in [5.41, 5.74) is 3.21. The highest BCUT2D eigenvalue weighted by Crippen LogP contribution is 2.17. The predicted molar refractivity (Wildman–Crippen MR) is 78.1 cm³/mol. The van der Waals surface area contributed by atoms with Crippen molar-refractivity contribution in [1.82, 2.24) is 5.32 Å². The van der Waals surface area contributed by atoms with Crippen LogP contribution in [0.2, 0.25) is 0 Å². The highest BCUT2D eigenvalue weighted by Gasteiger charge is 2.31. The third-order valence-corrected chi connectivity index (χ3v) is 3.90. The van der Waals surface area contributed by atoms with E-state index in [9.17, 15) is 14.4 Å². The number of amides is 1. The fraction of sp³-hybridized carbons (Fsp3) is 0.357. The molecule has 1 aliphatic rings. The molecule has 1 atom stereocenters. The Morgan fingerprint density at radius 1 is 1.18 bits per heavy atom. The third kappa shape index (κ3) is 4.07. The summed E-state index contributed by atoms with van der Waals surface area (Å²) >= 11 is -1.14. The number of aryl methyl sites for hydroxylation is 3. The van der Waals surface area contributed by atoms with E-state index in [2.05, 4.69) is 5.32 Å². The molecule has 0 aromatic heterocycles. The van der Waals surface area contributed by atoms with Gasteiger partial charge in [0.05, 0.1) is 6.42 Å². The topological polar surface area (TPSA) is 113 Å². The van der Waals surface area contributed by atoms with Crippen molar-refractivity contribution in [2.75, 3.05) is 0 Å². The van der Waals surface area contributed by atoms with Crippen LogP contribution in [0, 0.1) is 20.8 Å². The van der Waals surface area contributed by atoms with Crippen LogP contribution in [0.4, 0.5) is 0 Å². The fourth-order valence-corrected chi connectivity index (χ4v) is 2.89. The van der Waals surface area contributed by atoms with Crippen LogP contribution in [0.1, 0.15) is 33.5 Å². The van der Waals surface area contributed by atoms with Crippen LogP contribution in [-0.2, 0) is 17.2 Å². The van der Waals surface area contributed by atoms with Gasteiger partial charge in [-0.05, 0) is 31.9 Å². The molecule has 1 aromatic rings. The van der Waals surface area contributed by atoms with Gasteiger partial charge in [-0.15, -0.1) is 0 Å². The Hall–Kier alpha value is -1.88. The molecule has 7 nitrogen and oxygen atoms in total. The van der Waals surface area contributed by atoms with Crippen LogP contribution >= 0.6 is 0 Å². The monoisotopic (exact) mass is 322 g/mol. The second-order valence-corrected chi connectivity index (χ2v) is 5.69. The fourth-order valence-electron chi connectivity index (χ4n) is 2.38. The van der Waals surface area contributed by atoms with E-state index in [1.54, 1.807) is 0 Å². The van der Waals surface area contributed by atoms with E-state index in [0.29, 0.717) is 5.56 Å². The van der Waals surface area contributed by atoms with E-state index >= 15 is 0 Å². The highest BCUT2D eigenvalue weighted by atomic mass is 27.2. The van der Waals surface area contributed by atoms with Gasteiger partial charge in [-0.2, -0.15) is 0 Å². The lowest BCUT2D eigenvalue weighted by Crippen LogP contribution is -2.42. The summed E-state index contributed by atoms with van der Waals surface area (Å²) < 4.78 is 9.49. The number of nitrogens with one attached hydrogen (secondary N) is 1. The molecule has 1 fully saturated rings. The maximum atomic E-state index is 12.4. The van der Waals surface area contributed by atoms with E-state index in [0.717, 1.165) is 16.7 Å². The molecule has 1 aromatic carbocycles. The summed E-state index contributed by atoms with van der Waals surface area (Å²) in [5.74, 6) is -1.57. The summed E-state index contributed by atoms with van der Waals surface area (Å²) in [6.07, 6.45) is -0.207. The Kier molecular flexibility index (Phi) is 6.12. The number of hydrogen-bond acceptors (Lipinski definition) is 5. The first kappa shape index (κ1) is 18.2. The molecule has 117 valence electrons. The normalized spacial score (nSPS) is 17.3. The molecule has 1 saturated heterocycles. The van der Waals surface area contributed by atoms with Crippen molar-refractivity contribution in [2.24, 2.45) is 0 Å². The number of carbonyl (C=O) groups excluding carboxylic acids is 3. The Morgan fingerprint density at radius 2 is 1.77 bits per heavy atom. The first-order valence-corrected chi connectivity index (χ1v) is 7.43. The molecule has 1 aliphatic heterocycles. The summed E-state index contributed by atoms with van der Waals surface area (Å²) in [6, 6.07) is 2.79. The van der Waals surface area contributed by atoms with E-state index in [1.807, 2.05) is 32.9 Å². The van der Waals surface area contributed by atoms with Crippen LogP contribution < -0.4 is 5.32 Å². The minimum atomic E-state index is -1.14. The average molecular weight is 322 g/mol. The zero-order valence-electron chi connectivity index (χ0n) is 12.6. The smallest absolute Gasteiger partial charge is 0.589 e. The molecule has 8 heteroatoms. The van der Waals surface area contributed by atoms with Crippen molar-refractivity contribution < 1.29 is 27.4 Å². The van der Waals surface area contributed by atoms with E-state index in [-0.39, 0.29) is 11.9 Å². The minimum absolute atomic E-state index is 0. The van der Waals surface area contributed by atoms with Crippen LogP contribution in [0.15, 0.2) is 12.1 Å². The number of carbonyl (C=O) groups is 3. The molecule has 0 unspecified atom stereocenters. The van der Waals surface area contributed by atoms with Crippen LogP contribution in [0.5, 0.6) is 0 Å². The Bertz CT molecular complexity index is 592. The van der Waals surface area contributed by atoms with E-state index < -0.39 is 39.8 Å². The molecule has 1 heterocycles. The molecule has 1 amide bonds. The largest absolute Gasteiger partial charge is 0.885 e.